The summed E-state index contributed by atoms with van der Waals surface area (Å²) < 4.78 is 2.06. The van der Waals surface area contributed by atoms with Crippen LogP contribution in [0.2, 0.25) is 0 Å². The number of aryl methyl sites for hydroxylation is 1. The minimum absolute atomic E-state index is 0.127. The molecule has 2 aromatic rings. The van der Waals surface area contributed by atoms with Crippen LogP contribution in [0.15, 0.2) is 29.5 Å². The van der Waals surface area contributed by atoms with Crippen molar-refractivity contribution in [3.8, 4) is 0 Å². The summed E-state index contributed by atoms with van der Waals surface area (Å²) >= 11 is 0. The number of nitrogens with one attached hydrogen (secondary N) is 3. The van der Waals surface area contributed by atoms with Crippen molar-refractivity contribution in [1.82, 2.24) is 25.3 Å². The highest BCUT2D eigenvalue weighted by atomic mass is 16.1. The van der Waals surface area contributed by atoms with Gasteiger partial charge in [-0.1, -0.05) is 6.07 Å². The van der Waals surface area contributed by atoms with E-state index >= 15 is 0 Å². The maximum atomic E-state index is 11.3. The topological polar surface area (TPSA) is 82.8 Å². The van der Waals surface area contributed by atoms with Gasteiger partial charge in [-0.15, -0.1) is 0 Å². The average molecular weight is 342 g/mol. The second-order valence-corrected chi connectivity index (χ2v) is 6.35. The smallest absolute Gasteiger partial charge is 0.220 e. The number of hydrogen-bond acceptors (Lipinski definition) is 3. The van der Waals surface area contributed by atoms with Crippen molar-refractivity contribution >= 4 is 17.5 Å². The third kappa shape index (κ3) is 4.49. The van der Waals surface area contributed by atoms with E-state index in [9.17, 15) is 4.79 Å². The number of amides is 1. The highest BCUT2D eigenvalue weighted by Crippen LogP contribution is 2.10. The number of guanidine groups is 1. The third-order valence-corrected chi connectivity index (χ3v) is 4.32. The van der Waals surface area contributed by atoms with Crippen LogP contribution in [0.1, 0.15) is 31.0 Å². The summed E-state index contributed by atoms with van der Waals surface area (Å²) in [6.45, 7) is 6.23. The summed E-state index contributed by atoms with van der Waals surface area (Å²) in [7, 11) is 0. The Kier molecular flexibility index (Phi) is 5.53. The lowest BCUT2D eigenvalue weighted by molar-refractivity contribution is -0.122. The van der Waals surface area contributed by atoms with E-state index in [1.165, 1.54) is 5.56 Å². The van der Waals surface area contributed by atoms with Crippen LogP contribution in [0.3, 0.4) is 0 Å². The van der Waals surface area contributed by atoms with Crippen LogP contribution in [0.25, 0.3) is 5.65 Å². The summed E-state index contributed by atoms with van der Waals surface area (Å²) in [5, 5.41) is 9.55. The molecule has 7 nitrogen and oxygen atoms in total. The van der Waals surface area contributed by atoms with Crippen LogP contribution in [-0.4, -0.2) is 46.9 Å². The minimum Gasteiger partial charge on any atom is -0.357 e. The fourth-order valence-corrected chi connectivity index (χ4v) is 2.98. The molecule has 1 unspecified atom stereocenters. The number of aromatic nitrogens is 2. The number of fused-ring (bicyclic) bond motifs is 1. The van der Waals surface area contributed by atoms with Crippen molar-refractivity contribution in [3.05, 3.63) is 35.8 Å². The molecule has 1 atom stereocenters. The van der Waals surface area contributed by atoms with Crippen LogP contribution in [0.5, 0.6) is 0 Å². The standard InChI is InChI=1S/C18H26N6O/c1-3-19-18(23-14-6-7-16(25)21-11-14)20-9-8-15-12-24-10-4-5-13(2)17(24)22-15/h4-5,10,12,14H,3,6-9,11H2,1-2H3,(H,21,25)(H2,19,20,23). The highest BCUT2D eigenvalue weighted by Gasteiger charge is 2.18. The average Bonchev–Trinajstić information content (AvgIpc) is 3.01. The molecule has 1 fully saturated rings. The molecular weight excluding hydrogens is 316 g/mol. The van der Waals surface area contributed by atoms with Gasteiger partial charge in [0.2, 0.25) is 5.91 Å². The largest absolute Gasteiger partial charge is 0.357 e. The SMILES string of the molecule is CCNC(=NCCc1cn2cccc(C)c2n1)NC1CCC(=O)NC1. The van der Waals surface area contributed by atoms with Gasteiger partial charge in [0, 0.05) is 50.9 Å². The Morgan fingerprint density at radius 1 is 1.52 bits per heavy atom. The Bertz CT molecular complexity index is 756. The Labute approximate surface area is 147 Å². The van der Waals surface area contributed by atoms with Crippen LogP contribution in [0.4, 0.5) is 0 Å². The predicted molar refractivity (Wildman–Crippen MR) is 98.8 cm³/mol. The van der Waals surface area contributed by atoms with Crippen LogP contribution in [-0.2, 0) is 11.2 Å². The lowest BCUT2D eigenvalue weighted by atomic mass is 10.1. The van der Waals surface area contributed by atoms with Crippen molar-refractivity contribution < 1.29 is 4.79 Å². The molecule has 7 heteroatoms. The monoisotopic (exact) mass is 342 g/mol. The lowest BCUT2D eigenvalue weighted by Crippen LogP contribution is -2.51. The third-order valence-electron chi connectivity index (χ3n) is 4.32. The molecule has 2 aromatic heterocycles. The molecule has 1 saturated heterocycles. The van der Waals surface area contributed by atoms with E-state index in [0.717, 1.165) is 36.7 Å². The van der Waals surface area contributed by atoms with Gasteiger partial charge in [0.15, 0.2) is 5.96 Å². The Balaban J connectivity index is 1.58. The highest BCUT2D eigenvalue weighted by molar-refractivity contribution is 5.81. The van der Waals surface area contributed by atoms with E-state index in [4.69, 9.17) is 0 Å². The number of piperidine rings is 1. The Hall–Kier alpha value is -2.57. The summed E-state index contributed by atoms with van der Waals surface area (Å²) in [6.07, 6.45) is 6.28. The van der Waals surface area contributed by atoms with Crippen LogP contribution < -0.4 is 16.0 Å². The summed E-state index contributed by atoms with van der Waals surface area (Å²) in [4.78, 5) is 20.6. The number of pyridine rings is 1. The second kappa shape index (κ2) is 8.00. The van der Waals surface area contributed by atoms with Crippen molar-refractivity contribution in [2.75, 3.05) is 19.6 Å². The van der Waals surface area contributed by atoms with Gasteiger partial charge in [0.25, 0.3) is 0 Å². The molecular formula is C18H26N6O. The molecule has 0 bridgehead atoms. The number of hydrogen-bond donors (Lipinski definition) is 3. The van der Waals surface area contributed by atoms with Gasteiger partial charge in [0.05, 0.1) is 5.69 Å². The molecule has 3 heterocycles. The van der Waals surface area contributed by atoms with Gasteiger partial charge >= 0.3 is 0 Å². The number of carbonyl (C=O) groups is 1. The lowest BCUT2D eigenvalue weighted by Gasteiger charge is -2.25. The van der Waals surface area contributed by atoms with E-state index in [1.54, 1.807) is 0 Å². The molecule has 0 saturated carbocycles. The number of imidazole rings is 1. The van der Waals surface area contributed by atoms with E-state index in [-0.39, 0.29) is 11.9 Å². The van der Waals surface area contributed by atoms with Gasteiger partial charge in [-0.25, -0.2) is 4.98 Å². The molecule has 0 radical (unpaired) electrons. The van der Waals surface area contributed by atoms with Crippen LogP contribution >= 0.6 is 0 Å². The molecule has 0 aromatic carbocycles. The Morgan fingerprint density at radius 2 is 2.40 bits per heavy atom. The quantitative estimate of drug-likeness (QED) is 0.560. The van der Waals surface area contributed by atoms with E-state index < -0.39 is 0 Å². The van der Waals surface area contributed by atoms with E-state index in [1.807, 2.05) is 19.2 Å². The molecule has 3 N–H and O–H groups in total. The zero-order valence-corrected chi connectivity index (χ0v) is 14.9. The molecule has 25 heavy (non-hydrogen) atoms. The molecule has 1 aliphatic rings. The molecule has 0 aliphatic carbocycles. The maximum Gasteiger partial charge on any atom is 0.220 e. The van der Waals surface area contributed by atoms with Crippen molar-refractivity contribution in [2.45, 2.75) is 39.2 Å². The van der Waals surface area contributed by atoms with Crippen molar-refractivity contribution in [3.63, 3.8) is 0 Å². The minimum atomic E-state index is 0.127. The number of aliphatic imine (C=N–C) groups is 1. The Morgan fingerprint density at radius 3 is 3.12 bits per heavy atom. The molecule has 3 rings (SSSR count). The maximum absolute atomic E-state index is 11.3. The molecule has 1 amide bonds. The molecule has 134 valence electrons. The van der Waals surface area contributed by atoms with Gasteiger partial charge in [-0.05, 0) is 31.9 Å². The first-order valence-corrected chi connectivity index (χ1v) is 8.90. The second-order valence-electron chi connectivity index (χ2n) is 6.35. The zero-order chi connectivity index (χ0) is 17.6. The fourth-order valence-electron chi connectivity index (χ4n) is 2.98. The summed E-state index contributed by atoms with van der Waals surface area (Å²) in [6, 6.07) is 4.33. The first-order chi connectivity index (χ1) is 12.2. The van der Waals surface area contributed by atoms with Gasteiger partial charge < -0.3 is 20.4 Å². The van der Waals surface area contributed by atoms with Gasteiger partial charge in [-0.2, -0.15) is 0 Å². The molecule has 1 aliphatic heterocycles. The molecule has 0 spiro atoms. The van der Waals surface area contributed by atoms with Crippen LogP contribution in [0, 0.1) is 6.92 Å². The first kappa shape index (κ1) is 17.3. The number of nitrogens with zero attached hydrogens (tertiary/aromatic N) is 3. The summed E-state index contributed by atoms with van der Waals surface area (Å²) in [5.74, 6) is 0.922. The number of carbonyl (C=O) groups excluding carboxylic acids is 1. The van der Waals surface area contributed by atoms with Gasteiger partial charge in [-0.3, -0.25) is 9.79 Å². The van der Waals surface area contributed by atoms with E-state index in [2.05, 4.69) is 49.5 Å². The van der Waals surface area contributed by atoms with Gasteiger partial charge in [0.1, 0.15) is 5.65 Å². The zero-order valence-electron chi connectivity index (χ0n) is 14.9. The number of rotatable bonds is 5. The van der Waals surface area contributed by atoms with Crippen molar-refractivity contribution in [1.29, 1.82) is 0 Å². The normalized spacial score (nSPS) is 18.2. The first-order valence-electron chi connectivity index (χ1n) is 8.90. The fraction of sp³-hybridized carbons (Fsp3) is 0.500. The van der Waals surface area contributed by atoms with Crippen molar-refractivity contribution in [2.24, 2.45) is 4.99 Å². The predicted octanol–water partition coefficient (Wildman–Crippen LogP) is 1.02. The van der Waals surface area contributed by atoms with E-state index in [0.29, 0.717) is 19.5 Å². The summed E-state index contributed by atoms with van der Waals surface area (Å²) in [5.41, 5.74) is 3.22.